The number of carbonyl (C=O) groups is 1. The Balaban J connectivity index is 1.66. The highest BCUT2D eigenvalue weighted by Gasteiger charge is 2.49. The number of likely N-dealkylation sites (tertiary alicyclic amines) is 1. The molecular formula is C23H29NO5. The van der Waals surface area contributed by atoms with E-state index < -0.39 is 17.5 Å². The minimum absolute atomic E-state index is 0.285. The third kappa shape index (κ3) is 4.89. The van der Waals surface area contributed by atoms with Gasteiger partial charge in [0.25, 0.3) is 0 Å². The molecule has 1 fully saturated rings. The van der Waals surface area contributed by atoms with Crippen molar-refractivity contribution < 1.29 is 24.5 Å². The van der Waals surface area contributed by atoms with Gasteiger partial charge < -0.3 is 19.7 Å². The van der Waals surface area contributed by atoms with E-state index in [1.807, 2.05) is 55.5 Å². The third-order valence-corrected chi connectivity index (χ3v) is 5.63. The van der Waals surface area contributed by atoms with Gasteiger partial charge in [0.15, 0.2) is 11.5 Å². The van der Waals surface area contributed by atoms with Crippen molar-refractivity contribution >= 4 is 5.97 Å². The van der Waals surface area contributed by atoms with Gasteiger partial charge in [-0.05, 0) is 43.0 Å². The van der Waals surface area contributed by atoms with Crippen molar-refractivity contribution in [3.8, 4) is 11.5 Å². The number of benzene rings is 2. The lowest BCUT2D eigenvalue weighted by molar-refractivity contribution is -0.163. The number of aliphatic hydroxyl groups excluding tert-OH is 1. The van der Waals surface area contributed by atoms with Gasteiger partial charge in [-0.15, -0.1) is 0 Å². The second-order valence-electron chi connectivity index (χ2n) is 7.71. The molecule has 0 spiro atoms. The maximum Gasteiger partial charge on any atom is 0.313 e. The summed E-state index contributed by atoms with van der Waals surface area (Å²) in [5, 5.41) is 20.6. The average Bonchev–Trinajstić information content (AvgIpc) is 2.72. The van der Waals surface area contributed by atoms with Crippen molar-refractivity contribution in [3.05, 3.63) is 59.7 Å². The number of carboxylic acid groups (broad SMARTS) is 1. The number of aliphatic carboxylic acids is 1. The molecule has 1 aliphatic heterocycles. The van der Waals surface area contributed by atoms with Crippen LogP contribution in [0.4, 0.5) is 0 Å². The molecule has 6 nitrogen and oxygen atoms in total. The molecule has 2 N–H and O–H groups in total. The molecule has 2 aromatic rings. The van der Waals surface area contributed by atoms with Crippen molar-refractivity contribution in [2.45, 2.75) is 25.9 Å². The van der Waals surface area contributed by atoms with Crippen LogP contribution < -0.4 is 9.47 Å². The van der Waals surface area contributed by atoms with E-state index in [0.29, 0.717) is 44.0 Å². The van der Waals surface area contributed by atoms with Gasteiger partial charge in [0.05, 0.1) is 13.2 Å². The first-order valence-corrected chi connectivity index (χ1v) is 9.90. The number of carboxylic acids is 1. The zero-order chi connectivity index (χ0) is 20.9. The first kappa shape index (κ1) is 21.1. The number of hydrogen-bond donors (Lipinski definition) is 2. The molecule has 0 bridgehead atoms. The highest BCUT2D eigenvalue weighted by molar-refractivity contribution is 5.76. The maximum absolute atomic E-state index is 12.2. The number of rotatable bonds is 8. The Labute approximate surface area is 171 Å². The van der Waals surface area contributed by atoms with Gasteiger partial charge in [-0.1, -0.05) is 36.4 Å². The number of piperidine rings is 1. The smallest absolute Gasteiger partial charge is 0.313 e. The SMILES string of the molecule is COc1cc(C)ccc1OCCN1CC[C@H](O)[C@@](Cc2ccccc2)(C(=O)O)C1. The van der Waals surface area contributed by atoms with Crippen LogP contribution in [0.2, 0.25) is 0 Å². The van der Waals surface area contributed by atoms with Gasteiger partial charge in [0, 0.05) is 19.6 Å². The first-order valence-electron chi connectivity index (χ1n) is 9.90. The summed E-state index contributed by atoms with van der Waals surface area (Å²) in [5.41, 5.74) is 0.782. The van der Waals surface area contributed by atoms with E-state index in [-0.39, 0.29) is 6.54 Å². The predicted molar refractivity (Wildman–Crippen MR) is 111 cm³/mol. The molecule has 1 aliphatic rings. The quantitative estimate of drug-likeness (QED) is 0.711. The molecule has 1 heterocycles. The van der Waals surface area contributed by atoms with Gasteiger partial charge in [-0.2, -0.15) is 0 Å². The molecule has 29 heavy (non-hydrogen) atoms. The van der Waals surface area contributed by atoms with E-state index in [1.165, 1.54) is 0 Å². The van der Waals surface area contributed by atoms with Crippen LogP contribution in [0.5, 0.6) is 11.5 Å². The Morgan fingerprint density at radius 1 is 1.21 bits per heavy atom. The second kappa shape index (κ2) is 9.29. The minimum Gasteiger partial charge on any atom is -0.493 e. The van der Waals surface area contributed by atoms with Gasteiger partial charge in [0.1, 0.15) is 12.0 Å². The summed E-state index contributed by atoms with van der Waals surface area (Å²) in [4.78, 5) is 14.3. The Morgan fingerprint density at radius 3 is 2.66 bits per heavy atom. The Bertz CT molecular complexity index is 825. The Hall–Kier alpha value is -2.57. The summed E-state index contributed by atoms with van der Waals surface area (Å²) in [6.07, 6.45) is -0.157. The molecule has 1 saturated heterocycles. The van der Waals surface area contributed by atoms with Gasteiger partial charge >= 0.3 is 5.97 Å². The van der Waals surface area contributed by atoms with Crippen LogP contribution >= 0.6 is 0 Å². The zero-order valence-electron chi connectivity index (χ0n) is 17.0. The molecule has 0 radical (unpaired) electrons. The van der Waals surface area contributed by atoms with E-state index in [1.54, 1.807) is 7.11 Å². The summed E-state index contributed by atoms with van der Waals surface area (Å²) in [7, 11) is 1.61. The van der Waals surface area contributed by atoms with Crippen LogP contribution in [0.1, 0.15) is 17.5 Å². The predicted octanol–water partition coefficient (Wildman–Crippen LogP) is 2.76. The van der Waals surface area contributed by atoms with Crippen molar-refractivity contribution in [3.63, 3.8) is 0 Å². The Kier molecular flexibility index (Phi) is 6.77. The van der Waals surface area contributed by atoms with E-state index in [4.69, 9.17) is 9.47 Å². The van der Waals surface area contributed by atoms with E-state index in [0.717, 1.165) is 11.1 Å². The number of methoxy groups -OCH3 is 1. The zero-order valence-corrected chi connectivity index (χ0v) is 17.0. The van der Waals surface area contributed by atoms with Crippen LogP contribution in [-0.2, 0) is 11.2 Å². The summed E-state index contributed by atoms with van der Waals surface area (Å²) in [5.74, 6) is 0.395. The molecule has 6 heteroatoms. The second-order valence-corrected chi connectivity index (χ2v) is 7.71. The fourth-order valence-corrected chi connectivity index (χ4v) is 3.95. The number of hydrogen-bond acceptors (Lipinski definition) is 5. The first-order chi connectivity index (χ1) is 13.9. The molecule has 0 amide bonds. The maximum atomic E-state index is 12.2. The molecule has 0 saturated carbocycles. The number of aliphatic hydroxyl groups is 1. The van der Waals surface area contributed by atoms with Gasteiger partial charge in [-0.3, -0.25) is 9.69 Å². The lowest BCUT2D eigenvalue weighted by atomic mass is 9.73. The lowest BCUT2D eigenvalue weighted by Gasteiger charge is -2.43. The largest absolute Gasteiger partial charge is 0.493 e. The molecule has 2 atom stereocenters. The number of nitrogens with zero attached hydrogens (tertiary/aromatic N) is 1. The van der Waals surface area contributed by atoms with Crippen LogP contribution in [0, 0.1) is 12.3 Å². The fourth-order valence-electron chi connectivity index (χ4n) is 3.95. The molecule has 0 aromatic heterocycles. The average molecular weight is 399 g/mol. The van der Waals surface area contributed by atoms with Gasteiger partial charge in [0.2, 0.25) is 0 Å². The molecule has 156 valence electrons. The highest BCUT2D eigenvalue weighted by atomic mass is 16.5. The van der Waals surface area contributed by atoms with E-state index in [9.17, 15) is 15.0 Å². The third-order valence-electron chi connectivity index (χ3n) is 5.63. The number of ether oxygens (including phenoxy) is 2. The molecular weight excluding hydrogens is 370 g/mol. The van der Waals surface area contributed by atoms with Crippen molar-refractivity contribution in [1.82, 2.24) is 4.90 Å². The van der Waals surface area contributed by atoms with E-state index in [2.05, 4.69) is 4.90 Å². The topological polar surface area (TPSA) is 79.2 Å². The van der Waals surface area contributed by atoms with Gasteiger partial charge in [-0.25, -0.2) is 0 Å². The monoisotopic (exact) mass is 399 g/mol. The van der Waals surface area contributed by atoms with Crippen LogP contribution in [0.3, 0.4) is 0 Å². The van der Waals surface area contributed by atoms with Crippen LogP contribution in [-0.4, -0.2) is 60.5 Å². The summed E-state index contributed by atoms with van der Waals surface area (Å²) < 4.78 is 11.2. The molecule has 2 aromatic carbocycles. The minimum atomic E-state index is -1.22. The van der Waals surface area contributed by atoms with Crippen molar-refractivity contribution in [2.75, 3.05) is 33.4 Å². The summed E-state index contributed by atoms with van der Waals surface area (Å²) in [6, 6.07) is 15.3. The number of aryl methyl sites for hydroxylation is 1. The van der Waals surface area contributed by atoms with Crippen LogP contribution in [0.15, 0.2) is 48.5 Å². The summed E-state index contributed by atoms with van der Waals surface area (Å²) in [6.45, 7) is 3.90. The molecule has 3 rings (SSSR count). The highest BCUT2D eigenvalue weighted by Crippen LogP contribution is 2.35. The molecule has 0 unspecified atom stereocenters. The molecule has 0 aliphatic carbocycles. The normalized spacial score (nSPS) is 22.2. The van der Waals surface area contributed by atoms with Crippen molar-refractivity contribution in [1.29, 1.82) is 0 Å². The van der Waals surface area contributed by atoms with Crippen LogP contribution in [0.25, 0.3) is 0 Å². The lowest BCUT2D eigenvalue weighted by Crippen LogP contribution is -2.57. The summed E-state index contributed by atoms with van der Waals surface area (Å²) >= 11 is 0. The fraction of sp³-hybridized carbons (Fsp3) is 0.435. The van der Waals surface area contributed by atoms with Crippen molar-refractivity contribution in [2.24, 2.45) is 5.41 Å². The Morgan fingerprint density at radius 2 is 1.97 bits per heavy atom. The van der Waals surface area contributed by atoms with E-state index >= 15 is 0 Å². The standard InChI is InChI=1S/C23H29NO5/c1-17-8-9-19(20(14-17)28-2)29-13-12-24-11-10-21(25)23(16-24,22(26)27)15-18-6-4-3-5-7-18/h3-9,14,21,25H,10-13,15-16H2,1-2H3,(H,26,27)/t21-,23-/m0/s1.